The molecule has 1 aromatic carbocycles. The van der Waals surface area contributed by atoms with Crippen molar-refractivity contribution in [1.82, 2.24) is 5.32 Å². The van der Waals surface area contributed by atoms with Crippen molar-refractivity contribution >= 4 is 49.4 Å². The third kappa shape index (κ3) is 7.75. The number of benzene rings is 1. The maximum absolute atomic E-state index is 12.4. The Kier molecular flexibility index (Phi) is 8.96. The molecule has 0 aliphatic carbocycles. The van der Waals surface area contributed by atoms with Crippen LogP contribution >= 0.6 is 11.6 Å². The second-order valence-corrected chi connectivity index (χ2v) is 16.7. The van der Waals surface area contributed by atoms with E-state index in [0.29, 0.717) is 25.2 Å². The van der Waals surface area contributed by atoms with Crippen LogP contribution in [0.5, 0.6) is 0 Å². The van der Waals surface area contributed by atoms with Crippen molar-refractivity contribution in [2.24, 2.45) is 5.73 Å². The van der Waals surface area contributed by atoms with E-state index < -0.39 is 44.2 Å². The molecule has 2 rings (SSSR count). The molecule has 1 aliphatic heterocycles. The van der Waals surface area contributed by atoms with Gasteiger partial charge in [0, 0.05) is 18.7 Å². The minimum Gasteiger partial charge on any atom is -0.465 e. The van der Waals surface area contributed by atoms with E-state index >= 15 is 0 Å². The highest BCUT2D eigenvalue weighted by molar-refractivity contribution is 6.74. The van der Waals surface area contributed by atoms with Crippen molar-refractivity contribution in [1.29, 1.82) is 0 Å². The number of hydrogen-bond donors (Lipinski definition) is 4. The highest BCUT2D eigenvalue weighted by Gasteiger charge is 2.43. The lowest BCUT2D eigenvalue weighted by atomic mass is 10.0. The van der Waals surface area contributed by atoms with Crippen molar-refractivity contribution in [3.8, 4) is 0 Å². The van der Waals surface area contributed by atoms with E-state index in [1.807, 2.05) is 4.90 Å². The van der Waals surface area contributed by atoms with Gasteiger partial charge in [-0.3, -0.25) is 10.1 Å². The average Bonchev–Trinajstić information content (AvgIpc) is 2.67. The molecule has 1 saturated heterocycles. The highest BCUT2D eigenvalue weighted by atomic mass is 35.5. The Labute approximate surface area is 219 Å². The largest absolute Gasteiger partial charge is 0.465 e. The summed E-state index contributed by atoms with van der Waals surface area (Å²) in [6.07, 6.45) is -1.83. The third-order valence-electron chi connectivity index (χ3n) is 6.43. The van der Waals surface area contributed by atoms with Crippen LogP contribution in [0.3, 0.4) is 0 Å². The minimum absolute atomic E-state index is 0.0862. The van der Waals surface area contributed by atoms with Crippen LogP contribution in [-0.2, 0) is 9.16 Å². The molecule has 12 heteroatoms. The molecule has 0 spiro atoms. The van der Waals surface area contributed by atoms with Gasteiger partial charge in [-0.15, -0.1) is 0 Å². The number of rotatable bonds is 6. The first-order valence-corrected chi connectivity index (χ1v) is 15.1. The number of nitrogens with zero attached hydrogens (tertiary/aromatic N) is 1. The van der Waals surface area contributed by atoms with Crippen LogP contribution in [0, 0.1) is 0 Å². The number of halogens is 1. The van der Waals surface area contributed by atoms with Gasteiger partial charge in [0.1, 0.15) is 5.60 Å². The summed E-state index contributed by atoms with van der Waals surface area (Å²) in [6.45, 7) is 16.5. The summed E-state index contributed by atoms with van der Waals surface area (Å²) >= 11 is 6.70. The fourth-order valence-electron chi connectivity index (χ4n) is 3.62. The number of piperidine rings is 1. The van der Waals surface area contributed by atoms with Gasteiger partial charge in [-0.25, -0.2) is 9.59 Å². The summed E-state index contributed by atoms with van der Waals surface area (Å²) in [7, 11) is -2.25. The molecule has 36 heavy (non-hydrogen) atoms. The van der Waals surface area contributed by atoms with Gasteiger partial charge in [-0.2, -0.15) is 0 Å². The van der Waals surface area contributed by atoms with Crippen molar-refractivity contribution in [3.63, 3.8) is 0 Å². The van der Waals surface area contributed by atoms with Crippen molar-refractivity contribution in [2.75, 3.05) is 23.3 Å². The van der Waals surface area contributed by atoms with E-state index in [1.54, 1.807) is 26.8 Å². The average molecular weight is 543 g/mol. The number of carboxylic acid groups (broad SMARTS) is 1. The first kappa shape index (κ1) is 29.7. The number of hydrogen-bond acceptors (Lipinski definition) is 6. The number of primary amides is 1. The Morgan fingerprint density at radius 1 is 1.17 bits per heavy atom. The SMILES string of the molecule is CC(C)(C)OC(=O)Nc1cc(C(N)=O)cc(N2CC[C@H](NC(=O)O)[C@@H](O[Si](C)(C)C(C)(C)C)C2)c1Cl. The Morgan fingerprint density at radius 2 is 1.78 bits per heavy atom. The molecule has 10 nitrogen and oxygen atoms in total. The smallest absolute Gasteiger partial charge is 0.412 e. The standard InChI is InChI=1S/C24H39ClN4O6Si/c1-23(2,3)34-22(33)28-16-11-14(20(26)30)12-17(19(16)25)29-10-9-15(27-21(31)32)18(13-29)35-36(7,8)24(4,5)6/h11-12,15,18,27H,9-10,13H2,1-8H3,(H2,26,30)(H,28,33)(H,31,32)/t15-,18-/m0/s1. The first-order valence-electron chi connectivity index (χ1n) is 11.9. The predicted octanol–water partition coefficient (Wildman–Crippen LogP) is 5.02. The highest BCUT2D eigenvalue weighted by Crippen LogP contribution is 2.40. The van der Waals surface area contributed by atoms with E-state index in [4.69, 9.17) is 26.5 Å². The Morgan fingerprint density at radius 3 is 2.28 bits per heavy atom. The summed E-state index contributed by atoms with van der Waals surface area (Å²) in [6, 6.07) is 2.56. The Bertz CT molecular complexity index is 1010. The molecule has 1 fully saturated rings. The summed E-state index contributed by atoms with van der Waals surface area (Å²) in [5.74, 6) is -0.684. The molecule has 0 radical (unpaired) electrons. The maximum Gasteiger partial charge on any atom is 0.412 e. The van der Waals surface area contributed by atoms with Crippen LogP contribution in [0.4, 0.5) is 21.0 Å². The Hall–Kier alpha value is -2.50. The van der Waals surface area contributed by atoms with E-state index in [-0.39, 0.29) is 21.3 Å². The zero-order valence-corrected chi connectivity index (χ0v) is 24.1. The van der Waals surface area contributed by atoms with E-state index in [0.717, 1.165) is 0 Å². The van der Waals surface area contributed by atoms with Crippen molar-refractivity contribution < 1.29 is 28.7 Å². The summed E-state index contributed by atoms with van der Waals surface area (Å²) in [5, 5.41) is 14.7. The van der Waals surface area contributed by atoms with Gasteiger partial charge >= 0.3 is 12.2 Å². The van der Waals surface area contributed by atoms with Gasteiger partial charge in [-0.1, -0.05) is 32.4 Å². The fraction of sp³-hybridized carbons (Fsp3) is 0.625. The molecule has 0 bridgehead atoms. The van der Waals surface area contributed by atoms with E-state index in [9.17, 15) is 19.5 Å². The van der Waals surface area contributed by atoms with Crippen LogP contribution in [-0.4, -0.2) is 62.4 Å². The first-order chi connectivity index (χ1) is 16.3. The molecule has 5 N–H and O–H groups in total. The summed E-state index contributed by atoms with van der Waals surface area (Å²) < 4.78 is 11.9. The van der Waals surface area contributed by atoms with Crippen LogP contribution < -0.4 is 21.3 Å². The van der Waals surface area contributed by atoms with E-state index in [2.05, 4.69) is 44.5 Å². The molecule has 202 valence electrons. The van der Waals surface area contributed by atoms with Crippen molar-refractivity contribution in [2.45, 2.75) is 83.8 Å². The number of nitrogens with two attached hydrogens (primary N) is 1. The fourth-order valence-corrected chi connectivity index (χ4v) is 5.24. The second kappa shape index (κ2) is 10.9. The number of ether oxygens (including phenoxy) is 1. The topological polar surface area (TPSA) is 143 Å². The quantitative estimate of drug-likeness (QED) is 0.369. The molecule has 0 aromatic heterocycles. The molecular weight excluding hydrogens is 504 g/mol. The third-order valence-corrected chi connectivity index (χ3v) is 11.3. The molecule has 1 heterocycles. The number of anilines is 2. The summed E-state index contributed by atoms with van der Waals surface area (Å²) in [4.78, 5) is 37.8. The Balaban J connectivity index is 2.44. The molecule has 1 aliphatic rings. The molecule has 1 aromatic rings. The van der Waals surface area contributed by atoms with E-state index in [1.165, 1.54) is 6.07 Å². The van der Waals surface area contributed by atoms with Crippen LogP contribution in [0.15, 0.2) is 12.1 Å². The molecule has 2 atom stereocenters. The van der Waals surface area contributed by atoms with Gasteiger partial charge in [-0.05, 0) is 57.5 Å². The van der Waals surface area contributed by atoms with Crippen molar-refractivity contribution in [3.05, 3.63) is 22.7 Å². The van der Waals surface area contributed by atoms with Crippen LogP contribution in [0.2, 0.25) is 23.2 Å². The normalized spacial score (nSPS) is 19.0. The lowest BCUT2D eigenvalue weighted by Gasteiger charge is -2.46. The van der Waals surface area contributed by atoms with Gasteiger partial charge in [0.2, 0.25) is 5.91 Å². The monoisotopic (exact) mass is 542 g/mol. The zero-order chi connectivity index (χ0) is 27.6. The van der Waals surface area contributed by atoms with Gasteiger partial charge in [0.25, 0.3) is 0 Å². The number of nitrogens with one attached hydrogen (secondary N) is 2. The molecule has 0 saturated carbocycles. The number of carbonyl (C=O) groups is 3. The number of amides is 3. The molecule has 3 amide bonds. The lowest BCUT2D eigenvalue weighted by Crippen LogP contribution is -2.59. The maximum atomic E-state index is 12.4. The van der Waals surface area contributed by atoms with Crippen LogP contribution in [0.25, 0.3) is 0 Å². The van der Waals surface area contributed by atoms with Gasteiger partial charge in [0.05, 0.1) is 28.5 Å². The molecular formula is C24H39ClN4O6Si. The minimum atomic E-state index is -2.25. The van der Waals surface area contributed by atoms with Gasteiger partial charge < -0.3 is 30.2 Å². The second-order valence-electron chi connectivity index (χ2n) is 11.6. The zero-order valence-electron chi connectivity index (χ0n) is 22.3. The van der Waals surface area contributed by atoms with Gasteiger partial charge in [0.15, 0.2) is 8.32 Å². The summed E-state index contributed by atoms with van der Waals surface area (Å²) in [5.41, 5.74) is 5.66. The molecule has 0 unspecified atom stereocenters. The predicted molar refractivity (Wildman–Crippen MR) is 144 cm³/mol. The lowest BCUT2D eigenvalue weighted by molar-refractivity contribution is 0.0635. The number of carbonyl (C=O) groups excluding carboxylic acids is 2. The van der Waals surface area contributed by atoms with Crippen LogP contribution in [0.1, 0.15) is 58.3 Å².